The lowest BCUT2D eigenvalue weighted by atomic mass is 9.61. The molecule has 0 unspecified atom stereocenters. The fraction of sp³-hybridized carbons (Fsp3) is 0.667. The van der Waals surface area contributed by atoms with E-state index in [0.717, 1.165) is 48.3 Å². The van der Waals surface area contributed by atoms with Gasteiger partial charge in [-0.15, -0.1) is 11.3 Å². The van der Waals surface area contributed by atoms with E-state index in [1.165, 1.54) is 36.1 Å². The third-order valence-electron chi connectivity index (χ3n) is 10.4. The lowest BCUT2D eigenvalue weighted by molar-refractivity contribution is 0.0862. The van der Waals surface area contributed by atoms with Crippen LogP contribution in [-0.2, 0) is 11.8 Å². The van der Waals surface area contributed by atoms with Gasteiger partial charge in [0.05, 0.1) is 23.7 Å². The van der Waals surface area contributed by atoms with Crippen LogP contribution in [0, 0.1) is 23.2 Å². The van der Waals surface area contributed by atoms with Crippen molar-refractivity contribution in [2.75, 3.05) is 0 Å². The Kier molecular flexibility index (Phi) is 8.22. The molecule has 0 aliphatic heterocycles. The molecule has 4 aliphatic rings. The standard InChI is InChI=1S/C33H47NO3S/c1-5-7-26-20-34-31(38-26)33(16-17-33)30(37)14-9-21(2)27-12-13-28-23(8-6-15-32(27,28)4)10-11-24-18-25(35)19-29(36)22(24)3/h9-11,14,20-21,25,27-30,35-37H,3,5-8,12-13,15-19H2,1-2,4H3/t21-,25-,27-,28+,29+,30+,32-/m1/s1. The maximum absolute atomic E-state index is 11.2. The van der Waals surface area contributed by atoms with E-state index < -0.39 is 18.3 Å². The molecule has 4 fully saturated rings. The number of hydrogen-bond acceptors (Lipinski definition) is 5. The quantitative estimate of drug-likeness (QED) is 0.318. The largest absolute Gasteiger partial charge is 0.393 e. The minimum absolute atomic E-state index is 0.159. The van der Waals surface area contributed by atoms with Crippen LogP contribution in [0.25, 0.3) is 0 Å². The average molecular weight is 538 g/mol. The molecule has 4 aliphatic carbocycles. The Morgan fingerprint density at radius 2 is 1.97 bits per heavy atom. The van der Waals surface area contributed by atoms with Gasteiger partial charge in [-0.1, -0.05) is 63.6 Å². The van der Waals surface area contributed by atoms with Gasteiger partial charge < -0.3 is 15.3 Å². The van der Waals surface area contributed by atoms with E-state index in [4.69, 9.17) is 4.98 Å². The van der Waals surface area contributed by atoms with Crippen molar-refractivity contribution >= 4 is 11.3 Å². The molecule has 5 rings (SSSR count). The normalized spacial score (nSPS) is 36.6. The summed E-state index contributed by atoms with van der Waals surface area (Å²) >= 11 is 1.80. The molecule has 7 atom stereocenters. The number of aliphatic hydroxyl groups excluding tert-OH is 3. The van der Waals surface area contributed by atoms with Crippen molar-refractivity contribution in [1.29, 1.82) is 0 Å². The zero-order valence-corrected chi connectivity index (χ0v) is 24.3. The zero-order valence-electron chi connectivity index (χ0n) is 23.5. The molecule has 0 radical (unpaired) electrons. The van der Waals surface area contributed by atoms with Crippen LogP contribution in [0.1, 0.15) is 94.9 Å². The molecule has 4 nitrogen and oxygen atoms in total. The predicted molar refractivity (Wildman–Crippen MR) is 156 cm³/mol. The first kappa shape index (κ1) is 28.0. The fourth-order valence-corrected chi connectivity index (χ4v) is 9.17. The van der Waals surface area contributed by atoms with Gasteiger partial charge in [-0.05, 0) is 92.1 Å². The molecule has 0 spiro atoms. The van der Waals surface area contributed by atoms with Gasteiger partial charge >= 0.3 is 0 Å². The monoisotopic (exact) mass is 537 g/mol. The van der Waals surface area contributed by atoms with Crippen molar-refractivity contribution < 1.29 is 15.3 Å². The molecule has 0 amide bonds. The molecule has 0 saturated heterocycles. The highest BCUT2D eigenvalue weighted by atomic mass is 32.1. The summed E-state index contributed by atoms with van der Waals surface area (Å²) in [6, 6.07) is 0. The Hall–Kier alpha value is -1.53. The van der Waals surface area contributed by atoms with Crippen molar-refractivity contribution in [1.82, 2.24) is 4.98 Å². The number of allylic oxidation sites excluding steroid dienone is 4. The number of nitrogens with zero attached hydrogens (tertiary/aromatic N) is 1. The first-order valence-corrected chi connectivity index (χ1v) is 15.8. The van der Waals surface area contributed by atoms with Gasteiger partial charge in [0.15, 0.2) is 0 Å². The summed E-state index contributed by atoms with van der Waals surface area (Å²) in [4.78, 5) is 6.05. The van der Waals surface area contributed by atoms with Crippen LogP contribution < -0.4 is 0 Å². The van der Waals surface area contributed by atoms with Crippen LogP contribution in [0.15, 0.2) is 53.8 Å². The average Bonchev–Trinajstić information content (AvgIpc) is 3.42. The highest BCUT2D eigenvalue weighted by molar-refractivity contribution is 7.11. The Bertz CT molecular complexity index is 1110. The van der Waals surface area contributed by atoms with E-state index in [-0.39, 0.29) is 10.8 Å². The summed E-state index contributed by atoms with van der Waals surface area (Å²) < 4.78 is 0. The summed E-state index contributed by atoms with van der Waals surface area (Å²) in [5, 5.41) is 32.7. The summed E-state index contributed by atoms with van der Waals surface area (Å²) in [7, 11) is 0. The predicted octanol–water partition coefficient (Wildman–Crippen LogP) is 6.82. The molecule has 4 saturated carbocycles. The van der Waals surface area contributed by atoms with Crippen LogP contribution in [-0.4, -0.2) is 38.6 Å². The Balaban J connectivity index is 1.27. The lowest BCUT2D eigenvalue weighted by Gasteiger charge is -2.44. The molecular weight excluding hydrogens is 490 g/mol. The van der Waals surface area contributed by atoms with Gasteiger partial charge in [-0.3, -0.25) is 0 Å². The highest BCUT2D eigenvalue weighted by Crippen LogP contribution is 2.60. The number of hydrogen-bond donors (Lipinski definition) is 3. The Morgan fingerprint density at radius 1 is 1.18 bits per heavy atom. The Labute approximate surface area is 233 Å². The van der Waals surface area contributed by atoms with Gasteiger partial charge in [0.1, 0.15) is 5.01 Å². The van der Waals surface area contributed by atoms with E-state index in [1.807, 2.05) is 6.20 Å². The van der Waals surface area contributed by atoms with Crippen molar-refractivity contribution in [2.45, 2.75) is 115 Å². The van der Waals surface area contributed by atoms with Gasteiger partial charge in [0.2, 0.25) is 0 Å². The minimum Gasteiger partial charge on any atom is -0.393 e. The molecule has 0 bridgehead atoms. The van der Waals surface area contributed by atoms with Gasteiger partial charge in [0.25, 0.3) is 0 Å². The summed E-state index contributed by atoms with van der Waals surface area (Å²) in [5.74, 6) is 1.60. The maximum Gasteiger partial charge on any atom is 0.102 e. The zero-order chi connectivity index (χ0) is 27.1. The maximum atomic E-state index is 11.2. The second-order valence-corrected chi connectivity index (χ2v) is 14.0. The van der Waals surface area contributed by atoms with Crippen molar-refractivity contribution in [3.05, 3.63) is 63.7 Å². The second kappa shape index (κ2) is 11.2. The van der Waals surface area contributed by atoms with Gasteiger partial charge in [-0.2, -0.15) is 0 Å². The van der Waals surface area contributed by atoms with Crippen molar-refractivity contribution in [3.8, 4) is 0 Å². The molecule has 1 aromatic rings. The van der Waals surface area contributed by atoms with Crippen LogP contribution in [0.4, 0.5) is 0 Å². The number of aromatic nitrogens is 1. The summed E-state index contributed by atoms with van der Waals surface area (Å²) in [6.45, 7) is 11.1. The molecule has 3 N–H and O–H groups in total. The third-order valence-corrected chi connectivity index (χ3v) is 11.6. The molecule has 0 aromatic carbocycles. The van der Waals surface area contributed by atoms with E-state index in [0.29, 0.717) is 30.6 Å². The van der Waals surface area contributed by atoms with Crippen LogP contribution in [0.2, 0.25) is 0 Å². The smallest absolute Gasteiger partial charge is 0.102 e. The minimum atomic E-state index is -0.636. The van der Waals surface area contributed by atoms with Crippen LogP contribution in [0.5, 0.6) is 0 Å². The van der Waals surface area contributed by atoms with Crippen LogP contribution in [0.3, 0.4) is 0 Å². The molecule has 5 heteroatoms. The molecular formula is C33H47NO3S. The fourth-order valence-electron chi connectivity index (χ4n) is 7.88. The van der Waals surface area contributed by atoms with Crippen molar-refractivity contribution in [2.24, 2.45) is 23.2 Å². The Morgan fingerprint density at radius 3 is 2.71 bits per heavy atom. The number of thiazole rings is 1. The van der Waals surface area contributed by atoms with E-state index >= 15 is 0 Å². The first-order chi connectivity index (χ1) is 18.2. The van der Waals surface area contributed by atoms with E-state index in [1.54, 1.807) is 11.3 Å². The number of aliphatic hydroxyl groups is 3. The SMILES string of the molecule is C=C1C(=CC=C2CCC[C@]3(C)[C@@H]([C@H](C)C=C[C@H](O)C4(c5ncc(CCC)s5)CC4)CC[C@@H]23)C[C@@H](O)C[C@@H]1O. The number of fused-ring (bicyclic) bond motifs is 1. The summed E-state index contributed by atoms with van der Waals surface area (Å²) in [6.07, 6.45) is 20.5. The van der Waals surface area contributed by atoms with Crippen molar-refractivity contribution in [3.63, 3.8) is 0 Å². The van der Waals surface area contributed by atoms with Crippen LogP contribution >= 0.6 is 11.3 Å². The molecule has 38 heavy (non-hydrogen) atoms. The molecule has 1 aromatic heterocycles. The summed E-state index contributed by atoms with van der Waals surface area (Å²) in [5.41, 5.74) is 3.39. The van der Waals surface area contributed by atoms with Gasteiger partial charge in [-0.25, -0.2) is 4.98 Å². The highest BCUT2D eigenvalue weighted by Gasteiger charge is 2.53. The molecule has 1 heterocycles. The second-order valence-electron chi connectivity index (χ2n) is 12.9. The van der Waals surface area contributed by atoms with E-state index in [9.17, 15) is 15.3 Å². The number of rotatable bonds is 8. The lowest BCUT2D eigenvalue weighted by Crippen LogP contribution is -2.35. The van der Waals surface area contributed by atoms with Gasteiger partial charge in [0, 0.05) is 17.5 Å². The third kappa shape index (κ3) is 5.29. The molecule has 208 valence electrons. The number of aryl methyl sites for hydroxylation is 1. The van der Waals surface area contributed by atoms with E-state index in [2.05, 4.69) is 51.7 Å². The topological polar surface area (TPSA) is 73.6 Å². The first-order valence-electron chi connectivity index (χ1n) is 14.9.